The lowest BCUT2D eigenvalue weighted by Gasteiger charge is -2.35. The van der Waals surface area contributed by atoms with Crippen molar-refractivity contribution in [2.75, 3.05) is 32.8 Å². The third-order valence-corrected chi connectivity index (χ3v) is 5.12. The van der Waals surface area contributed by atoms with E-state index in [-0.39, 0.29) is 23.8 Å². The molecule has 1 fully saturated rings. The van der Waals surface area contributed by atoms with Crippen molar-refractivity contribution in [3.63, 3.8) is 0 Å². The highest BCUT2D eigenvalue weighted by atomic mass is 19.4. The second-order valence-corrected chi connectivity index (χ2v) is 7.37. The average Bonchev–Trinajstić information content (AvgIpc) is 2.73. The molecule has 1 unspecified atom stereocenters. The summed E-state index contributed by atoms with van der Waals surface area (Å²) in [6, 6.07) is 4.09. The quantitative estimate of drug-likeness (QED) is 0.593. The summed E-state index contributed by atoms with van der Waals surface area (Å²) >= 11 is 0. The molecule has 0 spiro atoms. The SMILES string of the molecule is Fc1cccc(C(COCc2cc(C(F)(F)F)cc(C(F)(F)F)c2)N2CCNCC2)c1F. The van der Waals surface area contributed by atoms with Gasteiger partial charge in [-0.3, -0.25) is 4.90 Å². The third-order valence-electron chi connectivity index (χ3n) is 5.12. The van der Waals surface area contributed by atoms with Gasteiger partial charge in [0.1, 0.15) is 0 Å². The van der Waals surface area contributed by atoms with Crippen LogP contribution in [0.5, 0.6) is 0 Å². The smallest absolute Gasteiger partial charge is 0.375 e. The standard InChI is InChI=1S/C21H20F8N2O/c22-17-3-1-2-16(19(17)23)18(31-6-4-30-5-7-31)12-32-11-13-8-14(20(24,25)26)10-15(9-13)21(27,28)29/h1-3,8-10,18,30H,4-7,11-12H2. The highest BCUT2D eigenvalue weighted by Gasteiger charge is 2.37. The van der Waals surface area contributed by atoms with Crippen molar-refractivity contribution in [2.45, 2.75) is 25.0 Å². The molecule has 1 aliphatic rings. The van der Waals surface area contributed by atoms with Crippen molar-refractivity contribution in [3.05, 3.63) is 70.3 Å². The monoisotopic (exact) mass is 468 g/mol. The van der Waals surface area contributed by atoms with Crippen LogP contribution in [-0.2, 0) is 23.7 Å². The lowest BCUT2D eigenvalue weighted by atomic mass is 10.0. The Hall–Kier alpha value is -2.24. The van der Waals surface area contributed by atoms with Gasteiger partial charge in [0, 0.05) is 31.7 Å². The van der Waals surface area contributed by atoms with Crippen LogP contribution < -0.4 is 5.32 Å². The van der Waals surface area contributed by atoms with E-state index in [4.69, 9.17) is 4.74 Å². The van der Waals surface area contributed by atoms with Crippen LogP contribution in [-0.4, -0.2) is 37.7 Å². The predicted molar refractivity (Wildman–Crippen MR) is 99.6 cm³/mol. The topological polar surface area (TPSA) is 24.5 Å². The maximum absolute atomic E-state index is 14.4. The summed E-state index contributed by atoms with van der Waals surface area (Å²) in [6.07, 6.45) is -9.94. The number of halogens is 8. The van der Waals surface area contributed by atoms with E-state index in [0.29, 0.717) is 38.3 Å². The van der Waals surface area contributed by atoms with E-state index >= 15 is 0 Å². The molecule has 1 saturated heterocycles. The Morgan fingerprint density at radius 2 is 1.50 bits per heavy atom. The van der Waals surface area contributed by atoms with Crippen LogP contribution in [0.2, 0.25) is 0 Å². The van der Waals surface area contributed by atoms with Crippen molar-refractivity contribution in [1.29, 1.82) is 0 Å². The van der Waals surface area contributed by atoms with E-state index in [9.17, 15) is 35.1 Å². The Morgan fingerprint density at radius 1 is 0.906 bits per heavy atom. The molecule has 2 aromatic rings. The summed E-state index contributed by atoms with van der Waals surface area (Å²) in [4.78, 5) is 1.82. The van der Waals surface area contributed by atoms with Crippen LogP contribution in [0.15, 0.2) is 36.4 Å². The van der Waals surface area contributed by atoms with Crippen molar-refractivity contribution in [2.24, 2.45) is 0 Å². The molecule has 1 atom stereocenters. The van der Waals surface area contributed by atoms with Crippen LogP contribution >= 0.6 is 0 Å². The molecule has 2 aromatic carbocycles. The van der Waals surface area contributed by atoms with Crippen molar-refractivity contribution >= 4 is 0 Å². The molecule has 3 rings (SSSR count). The summed E-state index contributed by atoms with van der Waals surface area (Å²) in [6.45, 7) is 1.30. The molecule has 0 amide bonds. The molecule has 0 radical (unpaired) electrons. The number of alkyl halides is 6. The Kier molecular flexibility index (Phi) is 7.41. The summed E-state index contributed by atoms with van der Waals surface area (Å²) in [5, 5.41) is 3.11. The van der Waals surface area contributed by atoms with E-state index in [1.165, 1.54) is 12.1 Å². The largest absolute Gasteiger partial charge is 0.416 e. The first-order chi connectivity index (χ1) is 15.0. The maximum atomic E-state index is 14.4. The van der Waals surface area contributed by atoms with E-state index in [1.54, 1.807) is 0 Å². The number of rotatable bonds is 6. The van der Waals surface area contributed by atoms with Gasteiger partial charge in [-0.1, -0.05) is 12.1 Å². The molecule has 11 heteroatoms. The van der Waals surface area contributed by atoms with Gasteiger partial charge in [-0.05, 0) is 29.8 Å². The van der Waals surface area contributed by atoms with E-state index in [1.807, 2.05) is 4.90 Å². The first-order valence-electron chi connectivity index (χ1n) is 9.71. The van der Waals surface area contributed by atoms with E-state index < -0.39 is 47.8 Å². The molecule has 1 N–H and O–H groups in total. The summed E-state index contributed by atoms with van der Waals surface area (Å²) in [7, 11) is 0. The predicted octanol–water partition coefficient (Wildman–Crippen LogP) is 5.17. The second kappa shape index (κ2) is 9.72. The Balaban J connectivity index is 1.82. The van der Waals surface area contributed by atoms with Crippen LogP contribution in [0.4, 0.5) is 35.1 Å². The fourth-order valence-electron chi connectivity index (χ4n) is 3.55. The third kappa shape index (κ3) is 5.96. The molecule has 0 saturated carbocycles. The molecule has 3 nitrogen and oxygen atoms in total. The summed E-state index contributed by atoms with van der Waals surface area (Å²) in [5.41, 5.74) is -3.21. The van der Waals surface area contributed by atoms with Gasteiger partial charge in [0.25, 0.3) is 0 Å². The molecule has 0 aromatic heterocycles. The Morgan fingerprint density at radius 3 is 2.06 bits per heavy atom. The number of benzene rings is 2. The average molecular weight is 468 g/mol. The summed E-state index contributed by atoms with van der Waals surface area (Å²) < 4.78 is 112. The zero-order valence-electron chi connectivity index (χ0n) is 16.7. The van der Waals surface area contributed by atoms with Gasteiger partial charge in [-0.15, -0.1) is 0 Å². The van der Waals surface area contributed by atoms with E-state index in [2.05, 4.69) is 5.32 Å². The number of hydrogen-bond acceptors (Lipinski definition) is 3. The first kappa shape index (κ1) is 24.4. The van der Waals surface area contributed by atoms with Crippen molar-refractivity contribution in [3.8, 4) is 0 Å². The molecule has 0 bridgehead atoms. The molecular weight excluding hydrogens is 448 g/mol. The number of nitrogens with zero attached hydrogens (tertiary/aromatic N) is 1. The molecular formula is C21H20F8N2O. The van der Waals surface area contributed by atoms with Gasteiger partial charge in [-0.25, -0.2) is 8.78 Å². The van der Waals surface area contributed by atoms with Crippen LogP contribution in [0.25, 0.3) is 0 Å². The van der Waals surface area contributed by atoms with Crippen LogP contribution in [0.1, 0.15) is 28.3 Å². The molecule has 176 valence electrons. The van der Waals surface area contributed by atoms with Gasteiger partial charge in [-0.2, -0.15) is 26.3 Å². The van der Waals surface area contributed by atoms with Crippen LogP contribution in [0, 0.1) is 11.6 Å². The normalized spacial score (nSPS) is 16.9. The minimum absolute atomic E-state index is 0.00641. The zero-order valence-corrected chi connectivity index (χ0v) is 16.7. The van der Waals surface area contributed by atoms with Gasteiger partial charge in [0.2, 0.25) is 0 Å². The highest BCUT2D eigenvalue weighted by molar-refractivity contribution is 5.33. The molecule has 32 heavy (non-hydrogen) atoms. The number of ether oxygens (including phenoxy) is 1. The maximum Gasteiger partial charge on any atom is 0.416 e. The summed E-state index contributed by atoms with van der Waals surface area (Å²) in [5.74, 6) is -2.13. The van der Waals surface area contributed by atoms with Gasteiger partial charge >= 0.3 is 12.4 Å². The second-order valence-electron chi connectivity index (χ2n) is 7.37. The highest BCUT2D eigenvalue weighted by Crippen LogP contribution is 2.36. The van der Waals surface area contributed by atoms with E-state index in [0.717, 1.165) is 6.07 Å². The van der Waals surface area contributed by atoms with Gasteiger partial charge in [0.15, 0.2) is 11.6 Å². The zero-order chi connectivity index (χ0) is 23.5. The lowest BCUT2D eigenvalue weighted by Crippen LogP contribution is -2.46. The minimum Gasteiger partial charge on any atom is -0.375 e. The molecule has 0 aliphatic carbocycles. The Labute approximate surface area is 179 Å². The lowest BCUT2D eigenvalue weighted by molar-refractivity contribution is -0.143. The molecule has 1 aliphatic heterocycles. The van der Waals surface area contributed by atoms with Crippen molar-refractivity contribution < 1.29 is 39.9 Å². The molecule has 1 heterocycles. The first-order valence-corrected chi connectivity index (χ1v) is 9.71. The fraction of sp³-hybridized carbons (Fsp3) is 0.429. The van der Waals surface area contributed by atoms with Crippen molar-refractivity contribution in [1.82, 2.24) is 10.2 Å². The number of hydrogen-bond donors (Lipinski definition) is 1. The van der Waals surface area contributed by atoms with Crippen LogP contribution in [0.3, 0.4) is 0 Å². The number of nitrogens with one attached hydrogen (secondary N) is 1. The van der Waals surface area contributed by atoms with Gasteiger partial charge in [0.05, 0.1) is 30.4 Å². The van der Waals surface area contributed by atoms with Gasteiger partial charge < -0.3 is 10.1 Å². The fourth-order valence-corrected chi connectivity index (χ4v) is 3.55. The Bertz CT molecular complexity index is 891. The minimum atomic E-state index is -4.97. The number of piperazine rings is 1.